The lowest BCUT2D eigenvalue weighted by Gasteiger charge is -2.40. The van der Waals surface area contributed by atoms with Crippen molar-refractivity contribution in [3.05, 3.63) is 76.0 Å². The van der Waals surface area contributed by atoms with Gasteiger partial charge < -0.3 is 15.3 Å². The number of carbonyl (C=O) groups excluding carboxylic acids is 2. The van der Waals surface area contributed by atoms with E-state index >= 15 is 0 Å². The van der Waals surface area contributed by atoms with E-state index in [0.717, 1.165) is 16.7 Å². The molecule has 8 heteroatoms. The second kappa shape index (κ2) is 11.2. The van der Waals surface area contributed by atoms with Crippen LogP contribution >= 0.6 is 0 Å². The van der Waals surface area contributed by atoms with E-state index in [1.165, 1.54) is 6.92 Å². The van der Waals surface area contributed by atoms with Gasteiger partial charge in [0.05, 0.1) is 30.3 Å². The van der Waals surface area contributed by atoms with E-state index in [-0.39, 0.29) is 30.5 Å². The minimum atomic E-state index is -0.370. The predicted molar refractivity (Wildman–Crippen MR) is 135 cm³/mol. The van der Waals surface area contributed by atoms with Gasteiger partial charge in [0.25, 0.3) is 5.91 Å². The molecule has 2 amide bonds. The molecule has 0 spiro atoms. The van der Waals surface area contributed by atoms with Crippen molar-refractivity contribution >= 4 is 17.5 Å². The quantitative estimate of drug-likeness (QED) is 0.611. The molecule has 4 rings (SSSR count). The van der Waals surface area contributed by atoms with Crippen molar-refractivity contribution in [1.82, 2.24) is 15.3 Å². The summed E-state index contributed by atoms with van der Waals surface area (Å²) in [6.07, 6.45) is 1.86. The first-order valence-corrected chi connectivity index (χ1v) is 11.9. The smallest absolute Gasteiger partial charge is 0.271 e. The Labute approximate surface area is 206 Å². The van der Waals surface area contributed by atoms with E-state index in [4.69, 9.17) is 5.26 Å². The Hall–Kier alpha value is -3.67. The van der Waals surface area contributed by atoms with Crippen molar-refractivity contribution in [2.45, 2.75) is 59.9 Å². The van der Waals surface area contributed by atoms with Crippen molar-refractivity contribution in [1.29, 1.82) is 5.26 Å². The van der Waals surface area contributed by atoms with E-state index in [2.05, 4.69) is 16.8 Å². The highest BCUT2D eigenvalue weighted by Gasteiger charge is 2.40. The SMILES string of the molecule is CC.CC(=O)Nc1cc(C)cc(CO)c1C1C=C2C(=O)N(Cc3ccc(C#N)cc3)CC(C)N2N1. The summed E-state index contributed by atoms with van der Waals surface area (Å²) in [6, 6.07) is 12.8. The average Bonchev–Trinajstić information content (AvgIpc) is 3.29. The summed E-state index contributed by atoms with van der Waals surface area (Å²) >= 11 is 0. The van der Waals surface area contributed by atoms with Gasteiger partial charge in [-0.2, -0.15) is 5.26 Å². The maximum absolute atomic E-state index is 13.3. The van der Waals surface area contributed by atoms with Gasteiger partial charge in [-0.25, -0.2) is 5.43 Å². The van der Waals surface area contributed by atoms with Crippen molar-refractivity contribution in [3.63, 3.8) is 0 Å². The summed E-state index contributed by atoms with van der Waals surface area (Å²) in [5.41, 5.74) is 8.47. The molecule has 3 N–H and O–H groups in total. The number of benzene rings is 2. The zero-order chi connectivity index (χ0) is 25.7. The second-order valence-corrected chi connectivity index (χ2v) is 8.60. The Morgan fingerprint density at radius 3 is 2.54 bits per heavy atom. The Morgan fingerprint density at radius 1 is 1.26 bits per heavy atom. The maximum Gasteiger partial charge on any atom is 0.271 e. The lowest BCUT2D eigenvalue weighted by atomic mass is 9.96. The number of anilines is 1. The van der Waals surface area contributed by atoms with Gasteiger partial charge in [-0.05, 0) is 54.8 Å². The monoisotopic (exact) mass is 475 g/mol. The van der Waals surface area contributed by atoms with E-state index in [0.29, 0.717) is 35.6 Å². The molecular formula is C27H33N5O3. The number of nitrogens with zero attached hydrogens (tertiary/aromatic N) is 3. The molecule has 2 aromatic carbocycles. The third-order valence-corrected chi connectivity index (χ3v) is 5.95. The number of hydrogen-bond donors (Lipinski definition) is 3. The zero-order valence-electron chi connectivity index (χ0n) is 20.9. The standard InChI is InChI=1S/C25H27N5O3.C2H6/c1-15-8-20(14-31)24(21(9-15)27-17(3)32)22-10-23-25(33)29(12-16(2)30(23)28-22)13-19-6-4-18(11-26)5-7-19;1-2/h4-10,16,22,28,31H,12-14H2,1-3H3,(H,27,32);1-2H3. The number of nitriles is 1. The molecule has 0 aromatic heterocycles. The van der Waals surface area contributed by atoms with Gasteiger partial charge in [0, 0.05) is 31.3 Å². The fraction of sp³-hybridized carbons (Fsp3) is 0.370. The first-order chi connectivity index (χ1) is 16.8. The molecule has 1 saturated heterocycles. The first kappa shape index (κ1) is 25.9. The number of carbonyl (C=O) groups is 2. The van der Waals surface area contributed by atoms with Crippen LogP contribution in [0, 0.1) is 18.3 Å². The molecule has 0 radical (unpaired) electrons. The van der Waals surface area contributed by atoms with E-state index in [1.807, 2.05) is 63.0 Å². The molecule has 2 heterocycles. The number of aliphatic hydroxyl groups excluding tert-OH is 1. The summed E-state index contributed by atoms with van der Waals surface area (Å²) in [7, 11) is 0. The summed E-state index contributed by atoms with van der Waals surface area (Å²) in [6.45, 7) is 10.2. The fourth-order valence-electron chi connectivity index (χ4n) is 4.53. The molecule has 184 valence electrons. The maximum atomic E-state index is 13.3. The number of aliphatic hydroxyl groups is 1. The van der Waals surface area contributed by atoms with Crippen LogP contribution in [0.1, 0.15) is 61.6 Å². The largest absolute Gasteiger partial charge is 0.392 e. The van der Waals surface area contributed by atoms with Crippen LogP contribution in [-0.4, -0.2) is 39.4 Å². The van der Waals surface area contributed by atoms with E-state index in [1.54, 1.807) is 17.0 Å². The van der Waals surface area contributed by atoms with Gasteiger partial charge in [-0.1, -0.05) is 32.0 Å². The number of hydrogen-bond acceptors (Lipinski definition) is 6. The Morgan fingerprint density at radius 2 is 1.94 bits per heavy atom. The van der Waals surface area contributed by atoms with Crippen LogP contribution in [0.3, 0.4) is 0 Å². The van der Waals surface area contributed by atoms with Crippen LogP contribution in [0.15, 0.2) is 48.2 Å². The van der Waals surface area contributed by atoms with Crippen molar-refractivity contribution < 1.29 is 14.7 Å². The number of fused-ring (bicyclic) bond motifs is 1. The number of aryl methyl sites for hydroxylation is 1. The zero-order valence-corrected chi connectivity index (χ0v) is 20.9. The van der Waals surface area contributed by atoms with Crippen molar-refractivity contribution in [2.75, 3.05) is 11.9 Å². The molecule has 35 heavy (non-hydrogen) atoms. The van der Waals surface area contributed by atoms with Crippen LogP contribution in [0.5, 0.6) is 0 Å². The summed E-state index contributed by atoms with van der Waals surface area (Å²) in [4.78, 5) is 26.9. The van der Waals surface area contributed by atoms with Gasteiger partial charge in [-0.3, -0.25) is 14.6 Å². The lowest BCUT2D eigenvalue weighted by Crippen LogP contribution is -2.55. The molecule has 2 aliphatic heterocycles. The van der Waals surface area contributed by atoms with Gasteiger partial charge >= 0.3 is 0 Å². The van der Waals surface area contributed by atoms with Crippen LogP contribution in [-0.2, 0) is 22.7 Å². The van der Waals surface area contributed by atoms with Crippen molar-refractivity contribution in [2.24, 2.45) is 0 Å². The number of hydrazine groups is 1. The van der Waals surface area contributed by atoms with Gasteiger partial charge in [-0.15, -0.1) is 0 Å². The lowest BCUT2D eigenvalue weighted by molar-refractivity contribution is -0.134. The molecule has 2 aliphatic rings. The Bertz CT molecular complexity index is 1170. The van der Waals surface area contributed by atoms with Gasteiger partial charge in [0.2, 0.25) is 5.91 Å². The average molecular weight is 476 g/mol. The molecule has 2 aromatic rings. The second-order valence-electron chi connectivity index (χ2n) is 8.60. The Kier molecular flexibility index (Phi) is 8.28. The van der Waals surface area contributed by atoms with Crippen LogP contribution in [0.2, 0.25) is 0 Å². The molecule has 1 fully saturated rings. The molecule has 0 aliphatic carbocycles. The molecule has 0 bridgehead atoms. The predicted octanol–water partition coefficient (Wildman–Crippen LogP) is 3.52. The minimum Gasteiger partial charge on any atom is -0.392 e. The summed E-state index contributed by atoms with van der Waals surface area (Å²) in [5.74, 6) is -0.293. The highest BCUT2D eigenvalue weighted by molar-refractivity contribution is 5.95. The van der Waals surface area contributed by atoms with Crippen LogP contribution < -0.4 is 10.7 Å². The molecule has 2 unspecified atom stereocenters. The van der Waals surface area contributed by atoms with Gasteiger partial charge in [0.15, 0.2) is 0 Å². The van der Waals surface area contributed by atoms with E-state index in [9.17, 15) is 14.7 Å². The van der Waals surface area contributed by atoms with Crippen LogP contribution in [0.4, 0.5) is 5.69 Å². The van der Waals surface area contributed by atoms with Crippen LogP contribution in [0.25, 0.3) is 0 Å². The Balaban J connectivity index is 0.00000167. The highest BCUT2D eigenvalue weighted by Crippen LogP contribution is 2.36. The molecular weight excluding hydrogens is 442 g/mol. The third-order valence-electron chi connectivity index (χ3n) is 5.95. The minimum absolute atomic E-state index is 0.0181. The number of rotatable bonds is 5. The summed E-state index contributed by atoms with van der Waals surface area (Å²) < 4.78 is 0. The number of amides is 2. The topological polar surface area (TPSA) is 109 Å². The molecule has 8 nitrogen and oxygen atoms in total. The van der Waals surface area contributed by atoms with E-state index < -0.39 is 0 Å². The third kappa shape index (κ3) is 5.53. The van der Waals surface area contributed by atoms with Gasteiger partial charge in [0.1, 0.15) is 5.70 Å². The molecule has 2 atom stereocenters. The molecule has 0 saturated carbocycles. The fourth-order valence-corrected chi connectivity index (χ4v) is 4.53. The summed E-state index contributed by atoms with van der Waals surface area (Å²) in [5, 5.41) is 23.7. The normalized spacial score (nSPS) is 18.8. The number of piperazine rings is 1. The van der Waals surface area contributed by atoms with Crippen molar-refractivity contribution in [3.8, 4) is 6.07 Å². The number of nitrogens with one attached hydrogen (secondary N) is 2. The first-order valence-electron chi connectivity index (χ1n) is 11.9. The highest BCUT2D eigenvalue weighted by atomic mass is 16.3.